The Balaban J connectivity index is 1.94. The lowest BCUT2D eigenvalue weighted by molar-refractivity contribution is -0.115. The zero-order valence-electron chi connectivity index (χ0n) is 10.8. The first-order chi connectivity index (χ1) is 9.54. The summed E-state index contributed by atoms with van der Waals surface area (Å²) in [4.78, 5) is 13.1. The highest BCUT2D eigenvalue weighted by atomic mass is 79.9. The maximum atomic E-state index is 12.1. The van der Waals surface area contributed by atoms with Crippen molar-refractivity contribution in [3.63, 3.8) is 0 Å². The van der Waals surface area contributed by atoms with Crippen LogP contribution in [0.5, 0.6) is 0 Å². The molecule has 2 rings (SSSR count). The molecule has 0 saturated carbocycles. The second kappa shape index (κ2) is 7.16. The van der Waals surface area contributed by atoms with Gasteiger partial charge in [0, 0.05) is 20.1 Å². The van der Waals surface area contributed by atoms with Gasteiger partial charge in [-0.2, -0.15) is 0 Å². The molecule has 0 aliphatic rings. The quantitative estimate of drug-likeness (QED) is 0.747. The van der Waals surface area contributed by atoms with Gasteiger partial charge in [0.15, 0.2) is 0 Å². The van der Waals surface area contributed by atoms with Gasteiger partial charge in [-0.25, -0.2) is 0 Å². The van der Waals surface area contributed by atoms with Crippen molar-refractivity contribution in [3.05, 3.63) is 58.0 Å². The van der Waals surface area contributed by atoms with Crippen molar-refractivity contribution in [2.45, 2.75) is 17.1 Å². The van der Waals surface area contributed by atoms with E-state index in [4.69, 9.17) is 11.6 Å². The highest BCUT2D eigenvalue weighted by Crippen LogP contribution is 2.25. The summed E-state index contributed by atoms with van der Waals surface area (Å²) in [5.41, 5.74) is 0.793. The molecule has 0 bridgehead atoms. The number of anilines is 1. The average molecular weight is 371 g/mol. The molecule has 0 aliphatic carbocycles. The smallest absolute Gasteiger partial charge is 0.237 e. The van der Waals surface area contributed by atoms with Crippen LogP contribution in [0, 0.1) is 0 Å². The van der Waals surface area contributed by atoms with Crippen molar-refractivity contribution >= 4 is 50.9 Å². The van der Waals surface area contributed by atoms with Crippen LogP contribution in [-0.4, -0.2) is 11.2 Å². The maximum absolute atomic E-state index is 12.1. The summed E-state index contributed by atoms with van der Waals surface area (Å²) in [6.45, 7) is 1.88. The minimum atomic E-state index is -0.181. The highest BCUT2D eigenvalue weighted by molar-refractivity contribution is 9.10. The highest BCUT2D eigenvalue weighted by Gasteiger charge is 2.14. The van der Waals surface area contributed by atoms with Gasteiger partial charge in [0.1, 0.15) is 0 Å². The summed E-state index contributed by atoms with van der Waals surface area (Å²) in [7, 11) is 0. The van der Waals surface area contributed by atoms with Crippen molar-refractivity contribution in [2.75, 3.05) is 5.32 Å². The largest absolute Gasteiger partial charge is 0.325 e. The third-order valence-electron chi connectivity index (χ3n) is 2.61. The average Bonchev–Trinajstić information content (AvgIpc) is 2.44. The van der Waals surface area contributed by atoms with Crippen molar-refractivity contribution in [2.24, 2.45) is 0 Å². The molecule has 1 amide bonds. The summed E-state index contributed by atoms with van der Waals surface area (Å²) in [6.07, 6.45) is 0. The Morgan fingerprint density at radius 3 is 2.35 bits per heavy atom. The predicted molar refractivity (Wildman–Crippen MR) is 89.5 cm³/mol. The molecule has 1 atom stereocenters. The zero-order valence-corrected chi connectivity index (χ0v) is 13.9. The lowest BCUT2D eigenvalue weighted by Crippen LogP contribution is -2.22. The number of amides is 1. The standard InChI is InChI=1S/C15H13BrClNOS/c1-10(20-14-8-4-12(17)5-9-14)15(19)18-13-6-2-11(16)3-7-13/h2-10H,1H3,(H,18,19). The van der Waals surface area contributed by atoms with Crippen LogP contribution >= 0.6 is 39.3 Å². The van der Waals surface area contributed by atoms with Gasteiger partial charge in [-0.3, -0.25) is 4.79 Å². The Hall–Kier alpha value is -0.970. The van der Waals surface area contributed by atoms with Crippen LogP contribution in [0.1, 0.15) is 6.92 Å². The molecule has 1 N–H and O–H groups in total. The van der Waals surface area contributed by atoms with E-state index in [0.29, 0.717) is 5.02 Å². The Bertz CT molecular complexity index is 586. The van der Waals surface area contributed by atoms with E-state index in [1.54, 1.807) is 0 Å². The summed E-state index contributed by atoms with van der Waals surface area (Å²) in [5, 5.41) is 3.41. The predicted octanol–water partition coefficient (Wildman–Crippen LogP) is 5.22. The molecule has 0 aromatic heterocycles. The van der Waals surface area contributed by atoms with Crippen LogP contribution < -0.4 is 5.32 Å². The molecule has 0 radical (unpaired) electrons. The van der Waals surface area contributed by atoms with Crippen molar-refractivity contribution < 1.29 is 4.79 Å². The van der Waals surface area contributed by atoms with Gasteiger partial charge in [0.25, 0.3) is 0 Å². The fourth-order valence-corrected chi connectivity index (χ4v) is 2.81. The van der Waals surface area contributed by atoms with Crippen molar-refractivity contribution in [1.29, 1.82) is 0 Å². The molecule has 5 heteroatoms. The van der Waals surface area contributed by atoms with E-state index in [1.165, 1.54) is 11.8 Å². The van der Waals surface area contributed by atoms with E-state index in [2.05, 4.69) is 21.2 Å². The van der Waals surface area contributed by atoms with Crippen molar-refractivity contribution in [1.82, 2.24) is 0 Å². The third-order valence-corrected chi connectivity index (χ3v) is 4.50. The number of benzene rings is 2. The lowest BCUT2D eigenvalue weighted by atomic mass is 10.3. The number of carbonyl (C=O) groups excluding carboxylic acids is 1. The molecule has 0 aliphatic heterocycles. The molecule has 20 heavy (non-hydrogen) atoms. The molecule has 0 spiro atoms. The number of halogens is 2. The molecule has 2 nitrogen and oxygen atoms in total. The molecule has 104 valence electrons. The van der Waals surface area contributed by atoms with Crippen LogP contribution in [0.4, 0.5) is 5.69 Å². The van der Waals surface area contributed by atoms with Gasteiger partial charge < -0.3 is 5.32 Å². The summed E-state index contributed by atoms with van der Waals surface area (Å²) in [6, 6.07) is 15.0. The SMILES string of the molecule is CC(Sc1ccc(Cl)cc1)C(=O)Nc1ccc(Br)cc1. The van der Waals surface area contributed by atoms with Gasteiger partial charge in [0.05, 0.1) is 5.25 Å². The second-order valence-corrected chi connectivity index (χ2v) is 6.98. The van der Waals surface area contributed by atoms with Crippen LogP contribution in [0.2, 0.25) is 5.02 Å². The summed E-state index contributed by atoms with van der Waals surface area (Å²) < 4.78 is 0.985. The van der Waals surface area contributed by atoms with Gasteiger partial charge in [0.2, 0.25) is 5.91 Å². The van der Waals surface area contributed by atoms with Gasteiger partial charge in [-0.1, -0.05) is 27.5 Å². The van der Waals surface area contributed by atoms with E-state index in [1.807, 2.05) is 55.5 Å². The molecule has 0 heterocycles. The topological polar surface area (TPSA) is 29.1 Å². The molecular formula is C15H13BrClNOS. The van der Waals surface area contributed by atoms with E-state index < -0.39 is 0 Å². The first-order valence-corrected chi connectivity index (χ1v) is 8.08. The van der Waals surface area contributed by atoms with Crippen LogP contribution in [0.3, 0.4) is 0 Å². The number of rotatable bonds is 4. The second-order valence-electron chi connectivity index (χ2n) is 4.21. The molecule has 0 saturated heterocycles. The fourth-order valence-electron chi connectivity index (χ4n) is 1.55. The number of nitrogens with one attached hydrogen (secondary N) is 1. The maximum Gasteiger partial charge on any atom is 0.237 e. The van der Waals surface area contributed by atoms with Crippen LogP contribution in [0.25, 0.3) is 0 Å². The van der Waals surface area contributed by atoms with Gasteiger partial charge in [-0.15, -0.1) is 11.8 Å². The van der Waals surface area contributed by atoms with Crippen LogP contribution in [-0.2, 0) is 4.79 Å². The monoisotopic (exact) mass is 369 g/mol. The number of hydrogen-bond acceptors (Lipinski definition) is 2. The number of thioether (sulfide) groups is 1. The molecule has 1 unspecified atom stereocenters. The number of carbonyl (C=O) groups is 1. The molecule has 2 aromatic carbocycles. The summed E-state index contributed by atoms with van der Waals surface area (Å²) in [5.74, 6) is -0.0210. The first kappa shape index (κ1) is 15.4. The zero-order chi connectivity index (χ0) is 14.5. The van der Waals surface area contributed by atoms with Gasteiger partial charge in [-0.05, 0) is 55.5 Å². The Kier molecular flexibility index (Phi) is 5.52. The van der Waals surface area contributed by atoms with Crippen molar-refractivity contribution in [3.8, 4) is 0 Å². The lowest BCUT2D eigenvalue weighted by Gasteiger charge is -2.12. The Morgan fingerprint density at radius 2 is 1.75 bits per heavy atom. The fraction of sp³-hybridized carbons (Fsp3) is 0.133. The van der Waals surface area contributed by atoms with E-state index in [0.717, 1.165) is 15.1 Å². The van der Waals surface area contributed by atoms with E-state index in [9.17, 15) is 4.79 Å². The molecule has 0 fully saturated rings. The summed E-state index contributed by atoms with van der Waals surface area (Å²) >= 11 is 10.7. The number of hydrogen-bond donors (Lipinski definition) is 1. The van der Waals surface area contributed by atoms with E-state index in [-0.39, 0.29) is 11.2 Å². The Morgan fingerprint density at radius 1 is 1.15 bits per heavy atom. The minimum absolute atomic E-state index is 0.0210. The molecular weight excluding hydrogens is 358 g/mol. The van der Waals surface area contributed by atoms with Crippen LogP contribution in [0.15, 0.2) is 57.9 Å². The minimum Gasteiger partial charge on any atom is -0.325 e. The molecule has 2 aromatic rings. The first-order valence-electron chi connectivity index (χ1n) is 6.03. The normalized spacial score (nSPS) is 11.9. The van der Waals surface area contributed by atoms with Gasteiger partial charge >= 0.3 is 0 Å². The Labute approximate surface area is 136 Å². The van der Waals surface area contributed by atoms with E-state index >= 15 is 0 Å². The third kappa shape index (κ3) is 4.54.